The molecule has 3 aromatic rings. The maximum Gasteiger partial charge on any atom is 0.275 e. The van der Waals surface area contributed by atoms with Crippen LogP contribution in [0.15, 0.2) is 36.4 Å². The van der Waals surface area contributed by atoms with Gasteiger partial charge in [0.2, 0.25) is 0 Å². The van der Waals surface area contributed by atoms with Gasteiger partial charge in [0, 0.05) is 34.1 Å². The van der Waals surface area contributed by atoms with Crippen LogP contribution in [0.2, 0.25) is 0 Å². The third-order valence-corrected chi connectivity index (χ3v) is 5.63. The molecular weight excluding hydrogens is 364 g/mol. The molecule has 3 N–H and O–H groups in total. The van der Waals surface area contributed by atoms with Crippen molar-refractivity contribution in [2.24, 2.45) is 0 Å². The molecule has 1 aromatic heterocycles. The molecule has 7 heteroatoms. The monoisotopic (exact) mass is 383 g/mol. The Morgan fingerprint density at radius 1 is 1.18 bits per heavy atom. The molecule has 1 amide bonds. The summed E-state index contributed by atoms with van der Waals surface area (Å²) in [5.74, 6) is -0.890. The van der Waals surface area contributed by atoms with E-state index in [9.17, 15) is 9.18 Å². The van der Waals surface area contributed by atoms with E-state index in [1.54, 1.807) is 18.2 Å². The first-order chi connectivity index (χ1) is 13.6. The number of alkyl halides is 1. The summed E-state index contributed by atoms with van der Waals surface area (Å²) >= 11 is 0. The Morgan fingerprint density at radius 3 is 2.86 bits per heavy atom. The summed E-state index contributed by atoms with van der Waals surface area (Å²) in [4.78, 5) is 20.7. The molecule has 0 unspecified atom stereocenters. The highest BCUT2D eigenvalue weighted by Gasteiger charge is 2.36. The standard InChI is InChI=1S/C21H19F2N3O2/c22-16-9-12(5-6-15(16)21(23)7-2-8-24-11-21)19-14-10-28-26-20(27)13-3-1-4-17(25-19)18(13)14/h1,3-6,9,24-25H,2,7-8,10-11H2,(H,26,27)/t21-/m0/s1. The van der Waals surface area contributed by atoms with E-state index >= 15 is 4.39 Å². The van der Waals surface area contributed by atoms with Crippen LogP contribution in [0.5, 0.6) is 0 Å². The van der Waals surface area contributed by atoms with Crippen molar-refractivity contribution in [3.8, 4) is 11.3 Å². The first-order valence-corrected chi connectivity index (χ1v) is 9.32. The largest absolute Gasteiger partial charge is 0.354 e. The molecule has 28 heavy (non-hydrogen) atoms. The van der Waals surface area contributed by atoms with Gasteiger partial charge < -0.3 is 10.3 Å². The minimum Gasteiger partial charge on any atom is -0.354 e. The van der Waals surface area contributed by atoms with Gasteiger partial charge in [0.1, 0.15) is 12.4 Å². The number of halogens is 2. The Kier molecular flexibility index (Phi) is 3.96. The van der Waals surface area contributed by atoms with Crippen LogP contribution in [-0.2, 0) is 17.1 Å². The first-order valence-electron chi connectivity index (χ1n) is 9.32. The molecule has 1 atom stereocenters. The summed E-state index contributed by atoms with van der Waals surface area (Å²) in [5.41, 5.74) is 4.08. The lowest BCUT2D eigenvalue weighted by molar-refractivity contribution is 0.0256. The predicted molar refractivity (Wildman–Crippen MR) is 101 cm³/mol. The Morgan fingerprint density at radius 2 is 2.07 bits per heavy atom. The molecule has 0 spiro atoms. The highest BCUT2D eigenvalue weighted by atomic mass is 19.1. The van der Waals surface area contributed by atoms with Crippen molar-refractivity contribution in [3.05, 3.63) is 58.9 Å². The molecule has 1 saturated heterocycles. The number of carbonyl (C=O) groups is 1. The topological polar surface area (TPSA) is 66.2 Å². The number of hydroxylamine groups is 1. The zero-order chi connectivity index (χ0) is 19.3. The van der Waals surface area contributed by atoms with Crippen LogP contribution in [0, 0.1) is 5.82 Å². The minimum absolute atomic E-state index is 0.0826. The van der Waals surface area contributed by atoms with E-state index in [2.05, 4.69) is 15.8 Å². The van der Waals surface area contributed by atoms with Gasteiger partial charge in [0.15, 0.2) is 5.67 Å². The maximum absolute atomic E-state index is 15.2. The number of benzene rings is 2. The van der Waals surface area contributed by atoms with Gasteiger partial charge in [-0.05, 0) is 37.6 Å². The van der Waals surface area contributed by atoms with Crippen molar-refractivity contribution < 1.29 is 18.4 Å². The van der Waals surface area contributed by atoms with E-state index in [4.69, 9.17) is 4.84 Å². The van der Waals surface area contributed by atoms with Crippen LogP contribution in [0.1, 0.15) is 34.3 Å². The fourth-order valence-electron chi connectivity index (χ4n) is 4.26. The maximum atomic E-state index is 15.2. The van der Waals surface area contributed by atoms with Crippen LogP contribution >= 0.6 is 0 Å². The second-order valence-corrected chi connectivity index (χ2v) is 7.37. The lowest BCUT2D eigenvalue weighted by Crippen LogP contribution is -2.40. The Labute approximate surface area is 160 Å². The van der Waals surface area contributed by atoms with Crippen LogP contribution in [-0.4, -0.2) is 24.0 Å². The summed E-state index contributed by atoms with van der Waals surface area (Å²) in [6.07, 6.45) is 0.976. The molecule has 5 nitrogen and oxygen atoms in total. The smallest absolute Gasteiger partial charge is 0.275 e. The van der Waals surface area contributed by atoms with Gasteiger partial charge in [-0.2, -0.15) is 0 Å². The Balaban J connectivity index is 1.63. The Bertz CT molecular complexity index is 1090. The lowest BCUT2D eigenvalue weighted by atomic mass is 9.87. The molecular formula is C21H19F2N3O2. The van der Waals surface area contributed by atoms with Crippen molar-refractivity contribution in [3.63, 3.8) is 0 Å². The van der Waals surface area contributed by atoms with Crippen LogP contribution < -0.4 is 10.8 Å². The molecule has 144 valence electrons. The second kappa shape index (κ2) is 6.39. The van der Waals surface area contributed by atoms with E-state index in [1.165, 1.54) is 12.1 Å². The highest BCUT2D eigenvalue weighted by molar-refractivity contribution is 6.09. The molecule has 0 radical (unpaired) electrons. The normalized spacial score (nSPS) is 22.1. The minimum atomic E-state index is -1.69. The van der Waals surface area contributed by atoms with E-state index in [0.29, 0.717) is 29.7 Å². The molecule has 1 fully saturated rings. The van der Waals surface area contributed by atoms with Crippen molar-refractivity contribution in [2.75, 3.05) is 13.1 Å². The van der Waals surface area contributed by atoms with Crippen LogP contribution in [0.3, 0.4) is 0 Å². The summed E-state index contributed by atoms with van der Waals surface area (Å²) in [7, 11) is 0. The second-order valence-electron chi connectivity index (χ2n) is 7.37. The number of carbonyl (C=O) groups excluding carboxylic acids is 1. The van der Waals surface area contributed by atoms with Gasteiger partial charge in [-0.25, -0.2) is 14.3 Å². The fraction of sp³-hybridized carbons (Fsp3) is 0.286. The van der Waals surface area contributed by atoms with Crippen molar-refractivity contribution in [1.82, 2.24) is 15.8 Å². The quantitative estimate of drug-likeness (QED) is 0.632. The molecule has 0 saturated carbocycles. The average Bonchev–Trinajstić information content (AvgIpc) is 2.98. The number of H-pyrrole nitrogens is 1. The van der Waals surface area contributed by atoms with Gasteiger partial charge in [-0.3, -0.25) is 9.63 Å². The molecule has 0 aliphatic carbocycles. The molecule has 5 rings (SSSR count). The average molecular weight is 383 g/mol. The van der Waals surface area contributed by atoms with E-state index < -0.39 is 11.5 Å². The van der Waals surface area contributed by atoms with Crippen molar-refractivity contribution >= 4 is 16.8 Å². The van der Waals surface area contributed by atoms with Crippen molar-refractivity contribution in [2.45, 2.75) is 25.1 Å². The van der Waals surface area contributed by atoms with Crippen LogP contribution in [0.4, 0.5) is 8.78 Å². The third kappa shape index (κ3) is 2.62. The van der Waals surface area contributed by atoms with Crippen molar-refractivity contribution in [1.29, 1.82) is 0 Å². The molecule has 2 aliphatic heterocycles. The molecule has 3 heterocycles. The number of aromatic nitrogens is 1. The predicted octanol–water partition coefficient (Wildman–Crippen LogP) is 3.70. The molecule has 2 aliphatic rings. The number of hydrogen-bond donors (Lipinski definition) is 3. The number of piperidine rings is 1. The number of aromatic amines is 1. The van der Waals surface area contributed by atoms with Gasteiger partial charge in [-0.1, -0.05) is 18.2 Å². The van der Waals surface area contributed by atoms with E-state index in [-0.39, 0.29) is 24.6 Å². The highest BCUT2D eigenvalue weighted by Crippen LogP contribution is 2.38. The van der Waals surface area contributed by atoms with E-state index in [1.807, 2.05) is 6.07 Å². The summed E-state index contributed by atoms with van der Waals surface area (Å²) in [6, 6.07) is 9.96. The van der Waals surface area contributed by atoms with Gasteiger partial charge in [-0.15, -0.1) is 0 Å². The Hall–Kier alpha value is -2.77. The van der Waals surface area contributed by atoms with Gasteiger partial charge in [0.25, 0.3) is 5.91 Å². The number of amides is 1. The zero-order valence-corrected chi connectivity index (χ0v) is 15.1. The third-order valence-electron chi connectivity index (χ3n) is 5.63. The van der Waals surface area contributed by atoms with Gasteiger partial charge in [0.05, 0.1) is 11.3 Å². The summed E-state index contributed by atoms with van der Waals surface area (Å²) in [6.45, 7) is 1.02. The zero-order valence-electron chi connectivity index (χ0n) is 15.1. The molecule has 2 aromatic carbocycles. The SMILES string of the molecule is O=C1NOCc2c(-c3ccc([C@]4(F)CCCNC4)c(F)c3)[nH]c3cccc1c23. The molecule has 0 bridgehead atoms. The number of hydrogen-bond acceptors (Lipinski definition) is 3. The summed E-state index contributed by atoms with van der Waals surface area (Å²) in [5, 5.41) is 3.76. The fourth-order valence-corrected chi connectivity index (χ4v) is 4.26. The summed E-state index contributed by atoms with van der Waals surface area (Å²) < 4.78 is 30.1. The van der Waals surface area contributed by atoms with Crippen LogP contribution in [0.25, 0.3) is 22.2 Å². The number of nitrogens with one attached hydrogen (secondary N) is 3. The van der Waals surface area contributed by atoms with E-state index in [0.717, 1.165) is 23.0 Å². The van der Waals surface area contributed by atoms with Gasteiger partial charge >= 0.3 is 0 Å². The number of rotatable bonds is 2. The lowest BCUT2D eigenvalue weighted by Gasteiger charge is -2.31. The first kappa shape index (κ1) is 17.3.